The van der Waals surface area contributed by atoms with Crippen LogP contribution in [0.4, 0.5) is 0 Å². The van der Waals surface area contributed by atoms with Gasteiger partial charge in [0.25, 0.3) is 0 Å². The van der Waals surface area contributed by atoms with Crippen molar-refractivity contribution in [1.29, 1.82) is 0 Å². The first kappa shape index (κ1) is 13.5. The zero-order valence-electron chi connectivity index (χ0n) is 10.9. The monoisotopic (exact) mass is 300 g/mol. The average molecular weight is 300 g/mol. The van der Waals surface area contributed by atoms with Gasteiger partial charge in [-0.2, -0.15) is 0 Å². The first-order valence-corrected chi connectivity index (χ1v) is 8.44. The number of aromatic nitrogens is 4. The van der Waals surface area contributed by atoms with Crippen LogP contribution in [0.1, 0.15) is 37.4 Å². The maximum atomic E-state index is 11.5. The van der Waals surface area contributed by atoms with Crippen LogP contribution in [0.25, 0.3) is 0 Å². The Hall–Kier alpha value is -1.51. The molecule has 1 aliphatic heterocycles. The van der Waals surface area contributed by atoms with Gasteiger partial charge in [0, 0.05) is 5.92 Å². The van der Waals surface area contributed by atoms with Gasteiger partial charge in [0.2, 0.25) is 0 Å². The third kappa shape index (κ3) is 2.19. The van der Waals surface area contributed by atoms with Gasteiger partial charge in [0.15, 0.2) is 15.7 Å². The maximum absolute atomic E-state index is 11.5. The van der Waals surface area contributed by atoms with E-state index in [9.17, 15) is 18.3 Å². The highest BCUT2D eigenvalue weighted by Gasteiger charge is 2.46. The molecule has 2 heterocycles. The second kappa shape index (κ2) is 4.51. The standard InChI is InChI=1S/C11H16N4O4S/c16-10(17)11(3-1-4-11)7-15-9(12-13-14-15)8-2-5-20(18,19)6-8/h8H,1-7H2,(H,16,17). The lowest BCUT2D eigenvalue weighted by Gasteiger charge is -2.37. The molecule has 110 valence electrons. The summed E-state index contributed by atoms with van der Waals surface area (Å²) in [6, 6.07) is 0. The van der Waals surface area contributed by atoms with E-state index in [-0.39, 0.29) is 24.0 Å². The molecule has 1 aromatic rings. The first-order chi connectivity index (χ1) is 9.42. The summed E-state index contributed by atoms with van der Waals surface area (Å²) in [7, 11) is -3.02. The van der Waals surface area contributed by atoms with Crippen molar-refractivity contribution >= 4 is 15.8 Å². The first-order valence-electron chi connectivity index (χ1n) is 6.62. The molecule has 2 aliphatic rings. The van der Waals surface area contributed by atoms with E-state index in [1.807, 2.05) is 0 Å². The van der Waals surface area contributed by atoms with E-state index in [1.54, 1.807) is 0 Å². The van der Waals surface area contributed by atoms with Gasteiger partial charge in [-0.25, -0.2) is 13.1 Å². The molecule has 1 atom stereocenters. The van der Waals surface area contributed by atoms with E-state index >= 15 is 0 Å². The summed E-state index contributed by atoms with van der Waals surface area (Å²) < 4.78 is 24.6. The Labute approximate surface area is 116 Å². The van der Waals surface area contributed by atoms with Crippen molar-refractivity contribution in [3.63, 3.8) is 0 Å². The van der Waals surface area contributed by atoms with Crippen molar-refractivity contribution in [2.75, 3.05) is 11.5 Å². The predicted octanol–water partition coefficient (Wildman–Crippen LogP) is -0.170. The fraction of sp³-hybridized carbons (Fsp3) is 0.818. The minimum absolute atomic E-state index is 0.0491. The fourth-order valence-electron chi connectivity index (χ4n) is 2.95. The highest BCUT2D eigenvalue weighted by molar-refractivity contribution is 7.91. The number of hydrogen-bond donors (Lipinski definition) is 1. The summed E-state index contributed by atoms with van der Waals surface area (Å²) in [6.07, 6.45) is 2.62. The van der Waals surface area contributed by atoms with Gasteiger partial charge >= 0.3 is 5.97 Å². The molecule has 2 fully saturated rings. The smallest absolute Gasteiger partial charge is 0.311 e. The van der Waals surface area contributed by atoms with Crippen LogP contribution in [0.3, 0.4) is 0 Å². The third-order valence-corrected chi connectivity index (χ3v) is 6.14. The highest BCUT2D eigenvalue weighted by Crippen LogP contribution is 2.43. The lowest BCUT2D eigenvalue weighted by atomic mass is 9.69. The zero-order chi connectivity index (χ0) is 14.4. The quantitative estimate of drug-likeness (QED) is 0.820. The second-order valence-corrected chi connectivity index (χ2v) is 7.96. The number of hydrogen-bond acceptors (Lipinski definition) is 6. The van der Waals surface area contributed by atoms with Gasteiger partial charge in [0.1, 0.15) is 0 Å². The van der Waals surface area contributed by atoms with E-state index in [2.05, 4.69) is 15.5 Å². The molecule has 1 saturated heterocycles. The minimum Gasteiger partial charge on any atom is -0.481 e. The molecule has 0 spiro atoms. The number of carboxylic acids is 1. The Kier molecular flexibility index (Phi) is 3.03. The topological polar surface area (TPSA) is 115 Å². The molecule has 9 heteroatoms. The van der Waals surface area contributed by atoms with E-state index in [1.165, 1.54) is 4.68 Å². The molecule has 3 rings (SSSR count). The zero-order valence-corrected chi connectivity index (χ0v) is 11.7. The summed E-state index contributed by atoms with van der Waals surface area (Å²) in [5, 5.41) is 20.7. The molecule has 0 amide bonds. The Morgan fingerprint density at radius 3 is 2.70 bits per heavy atom. The Bertz CT molecular complexity index is 635. The van der Waals surface area contributed by atoms with Gasteiger partial charge in [-0.15, -0.1) is 5.10 Å². The van der Waals surface area contributed by atoms with E-state index < -0.39 is 21.2 Å². The summed E-state index contributed by atoms with van der Waals surface area (Å²) in [4.78, 5) is 11.4. The third-order valence-electron chi connectivity index (χ3n) is 4.37. The number of nitrogens with zero attached hydrogens (tertiary/aromatic N) is 4. The molecule has 0 bridgehead atoms. The molecule has 1 saturated carbocycles. The summed E-state index contributed by atoms with van der Waals surface area (Å²) in [5.74, 6) is -0.356. The van der Waals surface area contributed by atoms with Gasteiger partial charge in [0.05, 0.1) is 23.5 Å². The molecule has 20 heavy (non-hydrogen) atoms. The van der Waals surface area contributed by atoms with Gasteiger partial charge in [-0.3, -0.25) is 4.79 Å². The SMILES string of the molecule is O=C(O)C1(Cn2nnnc2C2CCS(=O)(=O)C2)CCC1. The largest absolute Gasteiger partial charge is 0.481 e. The molecule has 0 radical (unpaired) electrons. The summed E-state index contributed by atoms with van der Waals surface area (Å²) in [6.45, 7) is 0.223. The molecule has 1 aliphatic carbocycles. The van der Waals surface area contributed by atoms with Gasteiger partial charge in [-0.1, -0.05) is 6.42 Å². The van der Waals surface area contributed by atoms with E-state index in [0.717, 1.165) is 6.42 Å². The molecule has 1 N–H and O–H groups in total. The summed E-state index contributed by atoms with van der Waals surface area (Å²) in [5.41, 5.74) is -0.790. The average Bonchev–Trinajstić information content (AvgIpc) is 2.89. The summed E-state index contributed by atoms with van der Waals surface area (Å²) >= 11 is 0. The number of carboxylic acid groups (broad SMARTS) is 1. The molecular formula is C11H16N4O4S. The minimum atomic E-state index is -3.02. The van der Waals surface area contributed by atoms with Crippen LogP contribution in [-0.2, 0) is 21.2 Å². The lowest BCUT2D eigenvalue weighted by molar-refractivity contribution is -0.156. The van der Waals surface area contributed by atoms with Crippen LogP contribution in [-0.4, -0.2) is 51.2 Å². The normalized spacial score (nSPS) is 27.1. The van der Waals surface area contributed by atoms with Crippen molar-refractivity contribution < 1.29 is 18.3 Å². The number of tetrazole rings is 1. The van der Waals surface area contributed by atoms with Crippen molar-refractivity contribution in [3.8, 4) is 0 Å². The van der Waals surface area contributed by atoms with Crippen LogP contribution in [0, 0.1) is 5.41 Å². The number of carbonyl (C=O) groups is 1. The van der Waals surface area contributed by atoms with Crippen LogP contribution in [0.2, 0.25) is 0 Å². The number of sulfone groups is 1. The van der Waals surface area contributed by atoms with Crippen LogP contribution in [0.15, 0.2) is 0 Å². The highest BCUT2D eigenvalue weighted by atomic mass is 32.2. The van der Waals surface area contributed by atoms with Crippen molar-refractivity contribution in [2.24, 2.45) is 5.41 Å². The Morgan fingerprint density at radius 1 is 1.45 bits per heavy atom. The van der Waals surface area contributed by atoms with Crippen LogP contribution in [0.5, 0.6) is 0 Å². The molecule has 1 aromatic heterocycles. The Balaban J connectivity index is 1.82. The molecule has 0 aromatic carbocycles. The fourth-order valence-corrected chi connectivity index (χ4v) is 4.68. The number of rotatable bonds is 4. The predicted molar refractivity (Wildman–Crippen MR) is 67.7 cm³/mol. The van der Waals surface area contributed by atoms with Crippen LogP contribution >= 0.6 is 0 Å². The number of aliphatic carboxylic acids is 1. The lowest BCUT2D eigenvalue weighted by Crippen LogP contribution is -2.42. The molecule has 1 unspecified atom stereocenters. The van der Waals surface area contributed by atoms with Crippen molar-refractivity contribution in [1.82, 2.24) is 20.2 Å². The van der Waals surface area contributed by atoms with Crippen LogP contribution < -0.4 is 0 Å². The molecular weight excluding hydrogens is 284 g/mol. The van der Waals surface area contributed by atoms with E-state index in [4.69, 9.17) is 0 Å². The van der Waals surface area contributed by atoms with Crippen molar-refractivity contribution in [2.45, 2.75) is 38.1 Å². The van der Waals surface area contributed by atoms with Crippen molar-refractivity contribution in [3.05, 3.63) is 5.82 Å². The maximum Gasteiger partial charge on any atom is 0.311 e. The van der Waals surface area contributed by atoms with E-state index in [0.29, 0.717) is 25.1 Å². The van der Waals surface area contributed by atoms with Gasteiger partial charge < -0.3 is 5.11 Å². The Morgan fingerprint density at radius 2 is 2.20 bits per heavy atom. The second-order valence-electron chi connectivity index (χ2n) is 5.73. The molecule has 8 nitrogen and oxygen atoms in total. The van der Waals surface area contributed by atoms with Gasteiger partial charge in [-0.05, 0) is 29.7 Å².